The summed E-state index contributed by atoms with van der Waals surface area (Å²) in [7, 11) is 0. The van der Waals surface area contributed by atoms with Gasteiger partial charge in [0, 0.05) is 30.6 Å². The van der Waals surface area contributed by atoms with Gasteiger partial charge in [-0.3, -0.25) is 9.59 Å². The minimum atomic E-state index is -0.623. The first-order valence-electron chi connectivity index (χ1n) is 13.7. The van der Waals surface area contributed by atoms with Crippen LogP contribution in [0.1, 0.15) is 42.9 Å². The van der Waals surface area contributed by atoms with E-state index >= 15 is 0 Å². The van der Waals surface area contributed by atoms with Gasteiger partial charge in [0.05, 0.1) is 17.9 Å². The molecule has 2 aromatic heterocycles. The Kier molecular flexibility index (Phi) is 6.76. The van der Waals surface area contributed by atoms with Gasteiger partial charge in [-0.25, -0.2) is 13.7 Å². The van der Waals surface area contributed by atoms with Gasteiger partial charge in [-0.05, 0) is 55.3 Å². The number of H-pyrrole nitrogens is 1. The molecule has 3 aromatic carbocycles. The van der Waals surface area contributed by atoms with Crippen LogP contribution in [0.2, 0.25) is 0 Å². The molecule has 214 valence electrons. The average molecular weight is 568 g/mol. The normalized spacial score (nSPS) is 14.5. The number of hydrogen-bond donors (Lipinski definition) is 2. The van der Waals surface area contributed by atoms with Gasteiger partial charge in [0.25, 0.3) is 11.5 Å². The van der Waals surface area contributed by atoms with E-state index in [-0.39, 0.29) is 22.7 Å². The summed E-state index contributed by atoms with van der Waals surface area (Å²) < 4.78 is 20.5. The lowest BCUT2D eigenvalue weighted by atomic mass is 9.87. The highest BCUT2D eigenvalue weighted by molar-refractivity contribution is 5.94. The lowest BCUT2D eigenvalue weighted by Gasteiger charge is -2.43. The molecule has 0 aliphatic carbocycles. The number of amides is 2. The Morgan fingerprint density at radius 2 is 1.74 bits per heavy atom. The second-order valence-corrected chi connectivity index (χ2v) is 11.6. The topological polar surface area (TPSA) is 109 Å². The molecular formula is C32H30FN5O4. The zero-order valence-electron chi connectivity index (χ0n) is 23.4. The summed E-state index contributed by atoms with van der Waals surface area (Å²) in [6, 6.07) is 20.6. The van der Waals surface area contributed by atoms with Crippen molar-refractivity contribution in [2.75, 3.05) is 13.1 Å². The van der Waals surface area contributed by atoms with Gasteiger partial charge in [-0.1, -0.05) is 48.5 Å². The summed E-state index contributed by atoms with van der Waals surface area (Å²) in [5.41, 5.74) is 1.35. The van der Waals surface area contributed by atoms with Crippen LogP contribution in [-0.4, -0.2) is 50.2 Å². The second-order valence-electron chi connectivity index (χ2n) is 11.6. The molecule has 9 nitrogen and oxygen atoms in total. The van der Waals surface area contributed by atoms with Gasteiger partial charge in [-0.2, -0.15) is 5.10 Å². The van der Waals surface area contributed by atoms with Crippen LogP contribution in [0.15, 0.2) is 83.8 Å². The number of hydrogen-bond acceptors (Lipinski definition) is 5. The minimum Gasteiger partial charge on any atom is -0.444 e. The first-order chi connectivity index (χ1) is 20.0. The highest BCUT2D eigenvalue weighted by atomic mass is 19.1. The molecule has 1 unspecified atom stereocenters. The predicted molar refractivity (Wildman–Crippen MR) is 157 cm³/mol. The summed E-state index contributed by atoms with van der Waals surface area (Å²) in [6.45, 7) is 6.12. The van der Waals surface area contributed by atoms with E-state index in [9.17, 15) is 18.8 Å². The molecule has 3 heterocycles. The van der Waals surface area contributed by atoms with Crippen LogP contribution in [0.4, 0.5) is 9.18 Å². The first kappa shape index (κ1) is 27.2. The number of benzene rings is 3. The van der Waals surface area contributed by atoms with Gasteiger partial charge in [0.1, 0.15) is 16.9 Å². The molecule has 0 radical (unpaired) electrons. The maximum atomic E-state index is 13.7. The van der Waals surface area contributed by atoms with Crippen molar-refractivity contribution < 1.29 is 18.7 Å². The minimum absolute atomic E-state index is 0.0617. The predicted octanol–water partition coefficient (Wildman–Crippen LogP) is 5.32. The lowest BCUT2D eigenvalue weighted by Crippen LogP contribution is -2.56. The van der Waals surface area contributed by atoms with E-state index in [1.807, 2.05) is 42.5 Å². The highest BCUT2D eigenvalue weighted by Crippen LogP contribution is 2.32. The van der Waals surface area contributed by atoms with E-state index in [0.29, 0.717) is 24.3 Å². The van der Waals surface area contributed by atoms with Crippen molar-refractivity contribution in [3.8, 4) is 11.3 Å². The SMILES string of the molecule is CC(C)(C)OC(=O)N1CC(C(NC(=O)c2cc3c(=O)[nH]c(-c4ccc5ccccc5c4)cn3n2)c2ccc(F)cc2)C1. The summed E-state index contributed by atoms with van der Waals surface area (Å²) in [4.78, 5) is 43.4. The highest BCUT2D eigenvalue weighted by Gasteiger charge is 2.39. The molecule has 42 heavy (non-hydrogen) atoms. The molecule has 1 aliphatic heterocycles. The average Bonchev–Trinajstić information content (AvgIpc) is 3.36. The monoisotopic (exact) mass is 567 g/mol. The van der Waals surface area contributed by atoms with Crippen molar-refractivity contribution in [3.63, 3.8) is 0 Å². The van der Waals surface area contributed by atoms with Crippen LogP contribution < -0.4 is 10.9 Å². The molecule has 1 fully saturated rings. The number of aromatic nitrogens is 3. The third-order valence-electron chi connectivity index (χ3n) is 7.31. The van der Waals surface area contributed by atoms with Crippen molar-refractivity contribution in [3.05, 3.63) is 106 Å². The fourth-order valence-corrected chi connectivity index (χ4v) is 5.18. The molecule has 1 atom stereocenters. The number of likely N-dealkylation sites (tertiary alicyclic amines) is 1. The van der Waals surface area contributed by atoms with Crippen LogP contribution in [0, 0.1) is 11.7 Å². The van der Waals surface area contributed by atoms with E-state index in [1.165, 1.54) is 22.7 Å². The number of carbonyl (C=O) groups excluding carboxylic acids is 2. The van der Waals surface area contributed by atoms with Gasteiger partial charge >= 0.3 is 6.09 Å². The Bertz CT molecular complexity index is 1870. The number of rotatable bonds is 5. The number of halogens is 1. The number of aromatic amines is 1. The summed E-state index contributed by atoms with van der Waals surface area (Å²) in [5.74, 6) is -1.02. The summed E-state index contributed by atoms with van der Waals surface area (Å²) >= 11 is 0. The second kappa shape index (κ2) is 10.4. The Balaban J connectivity index is 1.25. The summed E-state index contributed by atoms with van der Waals surface area (Å²) in [5, 5.41) is 9.52. The van der Waals surface area contributed by atoms with E-state index < -0.39 is 29.5 Å². The molecule has 1 saturated heterocycles. The number of ether oxygens (including phenoxy) is 1. The van der Waals surface area contributed by atoms with Crippen molar-refractivity contribution in [1.82, 2.24) is 24.8 Å². The Morgan fingerprint density at radius 1 is 1.02 bits per heavy atom. The molecule has 0 bridgehead atoms. The van der Waals surface area contributed by atoms with Crippen molar-refractivity contribution in [1.29, 1.82) is 0 Å². The zero-order valence-corrected chi connectivity index (χ0v) is 23.4. The van der Waals surface area contributed by atoms with E-state index in [4.69, 9.17) is 4.74 Å². The molecule has 2 N–H and O–H groups in total. The van der Waals surface area contributed by atoms with Crippen LogP contribution in [-0.2, 0) is 4.74 Å². The van der Waals surface area contributed by atoms with E-state index in [0.717, 1.165) is 16.3 Å². The van der Waals surface area contributed by atoms with Crippen molar-refractivity contribution in [2.24, 2.45) is 5.92 Å². The third-order valence-corrected chi connectivity index (χ3v) is 7.31. The molecule has 0 spiro atoms. The Morgan fingerprint density at radius 3 is 2.45 bits per heavy atom. The number of nitrogens with zero attached hydrogens (tertiary/aromatic N) is 3. The number of fused-ring (bicyclic) bond motifs is 2. The molecule has 0 saturated carbocycles. The lowest BCUT2D eigenvalue weighted by molar-refractivity contribution is -0.00665. The zero-order chi connectivity index (χ0) is 29.6. The summed E-state index contributed by atoms with van der Waals surface area (Å²) in [6.07, 6.45) is 1.25. The first-order valence-corrected chi connectivity index (χ1v) is 13.7. The van der Waals surface area contributed by atoms with Crippen LogP contribution in [0.25, 0.3) is 27.5 Å². The Hall–Kier alpha value is -4.99. The molecule has 2 amide bonds. The molecule has 5 aromatic rings. The van der Waals surface area contributed by atoms with Gasteiger partial charge in [0.15, 0.2) is 5.69 Å². The van der Waals surface area contributed by atoms with Crippen LogP contribution in [0.5, 0.6) is 0 Å². The maximum absolute atomic E-state index is 13.7. The number of nitrogens with one attached hydrogen (secondary N) is 2. The van der Waals surface area contributed by atoms with Gasteiger partial charge < -0.3 is 19.9 Å². The molecule has 1 aliphatic rings. The van der Waals surface area contributed by atoms with Gasteiger partial charge in [0.2, 0.25) is 0 Å². The Labute approximate surface area is 240 Å². The molecular weight excluding hydrogens is 537 g/mol. The smallest absolute Gasteiger partial charge is 0.410 e. The number of carbonyl (C=O) groups is 2. The quantitative estimate of drug-likeness (QED) is 0.299. The van der Waals surface area contributed by atoms with Crippen LogP contribution >= 0.6 is 0 Å². The molecule has 10 heteroatoms. The fourth-order valence-electron chi connectivity index (χ4n) is 5.18. The molecule has 6 rings (SSSR count). The maximum Gasteiger partial charge on any atom is 0.410 e. The van der Waals surface area contributed by atoms with E-state index in [2.05, 4.69) is 15.4 Å². The third kappa shape index (κ3) is 5.47. The standard InChI is InChI=1S/C32H30FN5O4/c1-32(2,3)42-31(41)37-16-23(17-37)28(20-10-12-24(33)13-11-20)35-29(39)25-15-27-30(40)34-26(18-38(27)36-25)22-9-8-19-6-4-5-7-21(19)14-22/h4-15,18,23,28H,16-17H2,1-3H3,(H,34,40)(H,35,39). The van der Waals surface area contributed by atoms with Crippen LogP contribution in [0.3, 0.4) is 0 Å². The largest absolute Gasteiger partial charge is 0.444 e. The fraction of sp³-hybridized carbons (Fsp3) is 0.250. The van der Waals surface area contributed by atoms with Crippen molar-refractivity contribution in [2.45, 2.75) is 32.4 Å². The van der Waals surface area contributed by atoms with E-state index in [1.54, 1.807) is 44.0 Å². The van der Waals surface area contributed by atoms with Crippen molar-refractivity contribution >= 4 is 28.3 Å². The van der Waals surface area contributed by atoms with Gasteiger partial charge in [-0.15, -0.1) is 0 Å².